The van der Waals surface area contributed by atoms with Gasteiger partial charge in [0.05, 0.1) is 13.2 Å². The van der Waals surface area contributed by atoms with E-state index in [0.717, 1.165) is 12.4 Å². The van der Waals surface area contributed by atoms with Gasteiger partial charge in [-0.25, -0.2) is 0 Å². The molecule has 1 N–H and O–H groups in total. The fraction of sp³-hybridized carbons (Fsp3) is 0.818. The summed E-state index contributed by atoms with van der Waals surface area (Å²) in [5.41, 5.74) is 0.00129. The number of hydrogen-bond donors (Lipinski definition) is 1. The van der Waals surface area contributed by atoms with Gasteiger partial charge in [0.15, 0.2) is 4.77 Å². The second-order valence-electron chi connectivity index (χ2n) is 4.87. The summed E-state index contributed by atoms with van der Waals surface area (Å²) in [6, 6.07) is 0. The maximum atomic E-state index is 5.23. The molecule has 0 saturated heterocycles. The van der Waals surface area contributed by atoms with Gasteiger partial charge in [0.2, 0.25) is 0 Å². The van der Waals surface area contributed by atoms with Gasteiger partial charge in [-0.3, -0.25) is 5.10 Å². The third-order valence-electron chi connectivity index (χ3n) is 3.30. The van der Waals surface area contributed by atoms with Crippen LogP contribution < -0.4 is 0 Å². The van der Waals surface area contributed by atoms with Gasteiger partial charge in [0.25, 0.3) is 0 Å². The van der Waals surface area contributed by atoms with Gasteiger partial charge in [0.1, 0.15) is 5.82 Å². The van der Waals surface area contributed by atoms with Crippen LogP contribution in [0.4, 0.5) is 0 Å². The van der Waals surface area contributed by atoms with Crippen LogP contribution in [-0.4, -0.2) is 28.5 Å². The Hall–Kier alpha value is -0.680. The minimum atomic E-state index is 0.00129. The number of hydrogen-bond acceptors (Lipinski definition) is 3. The standard InChI is InChI=1S/C11H21N3OS/c1-8(2)11(3,4)9-12-13-10(16)14(9)6-7-15-5/h8H,6-7H2,1-5H3,(H,13,16). The molecule has 0 bridgehead atoms. The quantitative estimate of drug-likeness (QED) is 0.808. The van der Waals surface area contributed by atoms with Crippen molar-refractivity contribution in [2.24, 2.45) is 5.92 Å². The first-order valence-corrected chi connectivity index (χ1v) is 5.96. The number of methoxy groups -OCH3 is 1. The van der Waals surface area contributed by atoms with E-state index in [1.807, 2.05) is 4.57 Å². The van der Waals surface area contributed by atoms with Crippen molar-refractivity contribution in [1.29, 1.82) is 0 Å². The average Bonchev–Trinajstić information content (AvgIpc) is 2.57. The first-order chi connectivity index (χ1) is 7.41. The molecule has 1 heterocycles. The monoisotopic (exact) mass is 243 g/mol. The summed E-state index contributed by atoms with van der Waals surface area (Å²) >= 11 is 5.23. The van der Waals surface area contributed by atoms with E-state index in [1.54, 1.807) is 7.11 Å². The zero-order chi connectivity index (χ0) is 12.3. The predicted octanol–water partition coefficient (Wildman–Crippen LogP) is 2.52. The van der Waals surface area contributed by atoms with Crippen LogP contribution in [0.3, 0.4) is 0 Å². The fourth-order valence-corrected chi connectivity index (χ4v) is 1.68. The summed E-state index contributed by atoms with van der Waals surface area (Å²) in [4.78, 5) is 0. The summed E-state index contributed by atoms with van der Waals surface area (Å²) in [7, 11) is 1.69. The second kappa shape index (κ2) is 5.10. The number of nitrogens with one attached hydrogen (secondary N) is 1. The van der Waals surface area contributed by atoms with E-state index >= 15 is 0 Å². The Kier molecular flexibility index (Phi) is 4.27. The van der Waals surface area contributed by atoms with Crippen LogP contribution >= 0.6 is 12.2 Å². The zero-order valence-electron chi connectivity index (χ0n) is 10.7. The van der Waals surface area contributed by atoms with Crippen LogP contribution in [0.25, 0.3) is 0 Å². The van der Waals surface area contributed by atoms with Gasteiger partial charge in [-0.05, 0) is 18.1 Å². The van der Waals surface area contributed by atoms with Crippen molar-refractivity contribution in [1.82, 2.24) is 14.8 Å². The molecule has 0 amide bonds. The Bertz CT molecular complexity index is 392. The average molecular weight is 243 g/mol. The van der Waals surface area contributed by atoms with Crippen LogP contribution in [0.1, 0.15) is 33.5 Å². The highest BCUT2D eigenvalue weighted by atomic mass is 32.1. The molecule has 0 fully saturated rings. The maximum Gasteiger partial charge on any atom is 0.195 e. The van der Waals surface area contributed by atoms with Crippen LogP contribution in [0, 0.1) is 10.7 Å². The van der Waals surface area contributed by atoms with E-state index in [-0.39, 0.29) is 5.41 Å². The number of H-pyrrole nitrogens is 1. The first kappa shape index (κ1) is 13.4. The first-order valence-electron chi connectivity index (χ1n) is 5.56. The van der Waals surface area contributed by atoms with Crippen LogP contribution in [-0.2, 0) is 16.7 Å². The van der Waals surface area contributed by atoms with Crippen LogP contribution in [0.15, 0.2) is 0 Å². The second-order valence-corrected chi connectivity index (χ2v) is 5.26. The third kappa shape index (κ3) is 2.52. The van der Waals surface area contributed by atoms with Crippen molar-refractivity contribution in [2.75, 3.05) is 13.7 Å². The van der Waals surface area contributed by atoms with E-state index in [2.05, 4.69) is 37.9 Å². The molecule has 1 aromatic heterocycles. The van der Waals surface area contributed by atoms with Crippen molar-refractivity contribution in [3.05, 3.63) is 10.6 Å². The van der Waals surface area contributed by atoms with Crippen LogP contribution in [0.2, 0.25) is 0 Å². The summed E-state index contributed by atoms with van der Waals surface area (Å²) < 4.78 is 7.78. The Morgan fingerprint density at radius 1 is 1.50 bits per heavy atom. The van der Waals surface area contributed by atoms with E-state index in [0.29, 0.717) is 17.3 Å². The molecule has 92 valence electrons. The van der Waals surface area contributed by atoms with Gasteiger partial charge in [-0.15, -0.1) is 0 Å². The Morgan fingerprint density at radius 2 is 2.12 bits per heavy atom. The highest BCUT2D eigenvalue weighted by molar-refractivity contribution is 7.71. The van der Waals surface area contributed by atoms with Crippen molar-refractivity contribution in [3.63, 3.8) is 0 Å². The number of aromatic nitrogens is 3. The highest BCUT2D eigenvalue weighted by Gasteiger charge is 2.30. The summed E-state index contributed by atoms with van der Waals surface area (Å²) in [5, 5.41) is 7.22. The molecule has 1 aromatic rings. The van der Waals surface area contributed by atoms with Gasteiger partial charge in [-0.1, -0.05) is 27.7 Å². The largest absolute Gasteiger partial charge is 0.383 e. The SMILES string of the molecule is COCCn1c(C(C)(C)C(C)C)n[nH]c1=S. The predicted molar refractivity (Wildman–Crippen MR) is 67.2 cm³/mol. The molecule has 0 saturated carbocycles. The Balaban J connectivity index is 3.09. The summed E-state index contributed by atoms with van der Waals surface area (Å²) in [5.74, 6) is 1.50. The molecule has 0 aliphatic carbocycles. The molecule has 0 atom stereocenters. The highest BCUT2D eigenvalue weighted by Crippen LogP contribution is 2.29. The van der Waals surface area contributed by atoms with E-state index < -0.39 is 0 Å². The van der Waals surface area contributed by atoms with Crippen molar-refractivity contribution < 1.29 is 4.74 Å². The lowest BCUT2D eigenvalue weighted by Gasteiger charge is -2.28. The fourth-order valence-electron chi connectivity index (χ4n) is 1.46. The van der Waals surface area contributed by atoms with Gasteiger partial charge in [0, 0.05) is 12.5 Å². The third-order valence-corrected chi connectivity index (χ3v) is 3.61. The van der Waals surface area contributed by atoms with E-state index in [4.69, 9.17) is 17.0 Å². The van der Waals surface area contributed by atoms with Crippen LogP contribution in [0.5, 0.6) is 0 Å². The number of rotatable bonds is 5. The molecule has 0 radical (unpaired) electrons. The van der Waals surface area contributed by atoms with Crippen molar-refractivity contribution in [2.45, 2.75) is 39.7 Å². The summed E-state index contributed by atoms with van der Waals surface area (Å²) in [6.07, 6.45) is 0. The van der Waals surface area contributed by atoms with Crippen molar-refractivity contribution in [3.8, 4) is 0 Å². The molecule has 0 aliphatic rings. The molecule has 16 heavy (non-hydrogen) atoms. The van der Waals surface area contributed by atoms with Gasteiger partial charge < -0.3 is 9.30 Å². The minimum absolute atomic E-state index is 0.00129. The summed E-state index contributed by atoms with van der Waals surface area (Å²) in [6.45, 7) is 10.2. The smallest absolute Gasteiger partial charge is 0.195 e. The minimum Gasteiger partial charge on any atom is -0.383 e. The number of ether oxygens (including phenoxy) is 1. The van der Waals surface area contributed by atoms with Gasteiger partial charge in [-0.2, -0.15) is 5.10 Å². The molecule has 0 aromatic carbocycles. The zero-order valence-corrected chi connectivity index (χ0v) is 11.5. The normalized spacial score (nSPS) is 12.4. The molecule has 0 unspecified atom stereocenters. The molecule has 0 aliphatic heterocycles. The molecule has 5 heteroatoms. The molecule has 1 rings (SSSR count). The Labute approximate surface area is 102 Å². The maximum absolute atomic E-state index is 5.23. The lowest BCUT2D eigenvalue weighted by Crippen LogP contribution is -2.29. The van der Waals surface area contributed by atoms with Crippen molar-refractivity contribution >= 4 is 12.2 Å². The molecule has 4 nitrogen and oxygen atoms in total. The lowest BCUT2D eigenvalue weighted by atomic mass is 9.80. The number of nitrogens with zero attached hydrogens (tertiary/aromatic N) is 2. The van der Waals surface area contributed by atoms with E-state index in [1.165, 1.54) is 0 Å². The van der Waals surface area contributed by atoms with E-state index in [9.17, 15) is 0 Å². The number of aromatic amines is 1. The molecule has 0 spiro atoms. The Morgan fingerprint density at radius 3 is 2.62 bits per heavy atom. The molecular weight excluding hydrogens is 222 g/mol. The molecular formula is C11H21N3OS. The topological polar surface area (TPSA) is 42.8 Å². The lowest BCUT2D eigenvalue weighted by molar-refractivity contribution is 0.183. The van der Waals surface area contributed by atoms with Gasteiger partial charge >= 0.3 is 0 Å².